The summed E-state index contributed by atoms with van der Waals surface area (Å²) in [6.45, 7) is 16.5. The fourth-order valence-corrected chi connectivity index (χ4v) is 7.94. The van der Waals surface area contributed by atoms with Crippen molar-refractivity contribution in [3.63, 3.8) is 0 Å². The van der Waals surface area contributed by atoms with E-state index in [9.17, 15) is 19.5 Å². The van der Waals surface area contributed by atoms with Crippen LogP contribution in [0, 0.1) is 27.7 Å². The van der Waals surface area contributed by atoms with E-state index in [0.29, 0.717) is 30.7 Å². The van der Waals surface area contributed by atoms with Crippen molar-refractivity contribution >= 4 is 29.2 Å². The number of nitrogens with one attached hydrogen (secondary N) is 2. The highest BCUT2D eigenvalue weighted by Crippen LogP contribution is 2.24. The minimum atomic E-state index is -0.751. The molecule has 0 spiro atoms. The Labute approximate surface area is 320 Å². The zero-order valence-corrected chi connectivity index (χ0v) is 33.8. The fourth-order valence-electron chi connectivity index (χ4n) is 7.94. The maximum Gasteiger partial charge on any atom is 0.303 e. The minimum Gasteiger partial charge on any atom is -0.481 e. The Bertz CT molecular complexity index is 1370. The molecule has 0 radical (unpaired) electrons. The van der Waals surface area contributed by atoms with Gasteiger partial charge in [-0.15, -0.1) is 0 Å². The molecule has 9 nitrogen and oxygen atoms in total. The molecule has 9 heteroatoms. The van der Waals surface area contributed by atoms with Gasteiger partial charge in [-0.1, -0.05) is 75.4 Å². The van der Waals surface area contributed by atoms with E-state index in [4.69, 9.17) is 4.74 Å². The van der Waals surface area contributed by atoms with Crippen LogP contribution in [0.2, 0.25) is 0 Å². The van der Waals surface area contributed by atoms with Gasteiger partial charge in [0.1, 0.15) is 0 Å². The molecule has 0 bridgehead atoms. The third-order valence-electron chi connectivity index (χ3n) is 11.0. The second-order valence-corrected chi connectivity index (χ2v) is 15.6. The highest BCUT2D eigenvalue weighted by molar-refractivity contribution is 5.96. The van der Waals surface area contributed by atoms with Crippen LogP contribution >= 0.6 is 0 Å². The van der Waals surface area contributed by atoms with Crippen LogP contribution in [0.5, 0.6) is 0 Å². The number of aryl methyl sites for hydroxylation is 4. The number of hydrogen-bond donors (Lipinski definition) is 3. The third-order valence-corrected chi connectivity index (χ3v) is 11.0. The molecule has 0 saturated carbocycles. The number of anilines is 2. The van der Waals surface area contributed by atoms with Crippen molar-refractivity contribution in [2.45, 2.75) is 137 Å². The van der Waals surface area contributed by atoms with E-state index < -0.39 is 5.97 Å². The maximum absolute atomic E-state index is 13.8. The fraction of sp³-hybridized carbons (Fsp3) is 0.659. The molecule has 3 rings (SSSR count). The number of ether oxygens (including phenoxy) is 1. The van der Waals surface area contributed by atoms with Gasteiger partial charge in [-0.25, -0.2) is 0 Å². The van der Waals surface area contributed by atoms with E-state index in [2.05, 4.69) is 22.5 Å². The molecule has 2 aromatic rings. The van der Waals surface area contributed by atoms with Gasteiger partial charge in [0.2, 0.25) is 5.91 Å². The number of carbonyl (C=O) groups excluding carboxylic acids is 2. The number of amides is 2. The molecule has 2 atom stereocenters. The Balaban J connectivity index is 1.58. The van der Waals surface area contributed by atoms with Gasteiger partial charge in [-0.05, 0) is 108 Å². The van der Waals surface area contributed by atoms with Gasteiger partial charge >= 0.3 is 5.97 Å². The van der Waals surface area contributed by atoms with Crippen LogP contribution < -0.4 is 10.6 Å². The maximum atomic E-state index is 13.8. The van der Waals surface area contributed by atoms with Gasteiger partial charge in [0.15, 0.2) is 6.54 Å². The van der Waals surface area contributed by atoms with Crippen molar-refractivity contribution in [3.05, 3.63) is 58.7 Å². The molecule has 2 amide bonds. The Morgan fingerprint density at radius 1 is 0.736 bits per heavy atom. The lowest BCUT2D eigenvalue weighted by molar-refractivity contribution is -0.921. The molecule has 1 saturated heterocycles. The van der Waals surface area contributed by atoms with Crippen LogP contribution in [0.25, 0.3) is 0 Å². The van der Waals surface area contributed by atoms with E-state index in [-0.39, 0.29) is 24.3 Å². The molecule has 2 aromatic carbocycles. The predicted molar refractivity (Wildman–Crippen MR) is 218 cm³/mol. The molecule has 1 fully saturated rings. The number of unbranched alkanes of at least 4 members (excludes halogenated alkanes) is 7. The number of piperidine rings is 1. The van der Waals surface area contributed by atoms with Gasteiger partial charge in [-0.3, -0.25) is 19.3 Å². The molecule has 1 aliphatic heterocycles. The summed E-state index contributed by atoms with van der Waals surface area (Å²) in [7, 11) is 0. The highest BCUT2D eigenvalue weighted by Gasteiger charge is 2.31. The van der Waals surface area contributed by atoms with Crippen LogP contribution in [-0.4, -0.2) is 90.8 Å². The highest BCUT2D eigenvalue weighted by atomic mass is 16.5. The molecule has 53 heavy (non-hydrogen) atoms. The lowest BCUT2D eigenvalue weighted by Crippen LogP contribution is -2.54. The molecule has 1 heterocycles. The molecule has 1 aliphatic rings. The topological polar surface area (TPSA) is 108 Å². The largest absolute Gasteiger partial charge is 0.481 e. The number of carbonyl (C=O) groups is 3. The summed E-state index contributed by atoms with van der Waals surface area (Å²) >= 11 is 0. The van der Waals surface area contributed by atoms with E-state index in [1.165, 1.54) is 25.7 Å². The number of quaternary nitrogens is 1. The lowest BCUT2D eigenvalue weighted by Gasteiger charge is -2.39. The standard InChI is InChI=1S/C44H70N4O5/c1-6-7-8-9-10-15-29-48(30-16-11-12-26-41(50)51,34-40(49)45-42-35(2)21-17-22-36(42)3)31-20-33-53-32-19-28-47-27-14-13-25-39(47)44(52)46-43-37(4)23-18-24-38(43)5/h17-18,21-24,39H,6-16,19-20,25-34H2,1-5H3,(H2-,45,46,49,50,51,52)/p+1. The molecular formula is C44H71N4O5+. The van der Waals surface area contributed by atoms with E-state index in [1.54, 1.807) is 0 Å². The summed E-state index contributed by atoms with van der Waals surface area (Å²) < 4.78 is 6.91. The van der Waals surface area contributed by atoms with Gasteiger partial charge in [0.25, 0.3) is 5.91 Å². The number of nitrogens with zero attached hydrogens (tertiary/aromatic N) is 2. The molecule has 0 aliphatic carbocycles. The first kappa shape index (κ1) is 44.1. The van der Waals surface area contributed by atoms with Gasteiger partial charge in [0, 0.05) is 37.4 Å². The second-order valence-electron chi connectivity index (χ2n) is 15.6. The number of benzene rings is 2. The quantitative estimate of drug-likeness (QED) is 0.0658. The normalized spacial score (nSPS) is 15.9. The number of rotatable bonds is 26. The van der Waals surface area contributed by atoms with E-state index in [0.717, 1.165) is 124 Å². The van der Waals surface area contributed by atoms with Crippen LogP contribution in [-0.2, 0) is 19.1 Å². The van der Waals surface area contributed by atoms with Crippen molar-refractivity contribution in [1.82, 2.24) is 4.90 Å². The first-order valence-corrected chi connectivity index (χ1v) is 20.7. The van der Waals surface area contributed by atoms with Crippen LogP contribution in [0.3, 0.4) is 0 Å². The van der Waals surface area contributed by atoms with Gasteiger partial charge in [0.05, 0.1) is 32.3 Å². The van der Waals surface area contributed by atoms with E-state index in [1.807, 2.05) is 64.1 Å². The van der Waals surface area contributed by atoms with Crippen molar-refractivity contribution in [1.29, 1.82) is 0 Å². The van der Waals surface area contributed by atoms with Crippen molar-refractivity contribution < 1.29 is 28.7 Å². The Kier molecular flexibility index (Phi) is 20.1. The van der Waals surface area contributed by atoms with Crippen LogP contribution in [0.15, 0.2) is 36.4 Å². The number of aliphatic carboxylic acids is 1. The summed E-state index contributed by atoms with van der Waals surface area (Å²) in [4.78, 5) is 40.7. The lowest BCUT2D eigenvalue weighted by atomic mass is 10.0. The summed E-state index contributed by atoms with van der Waals surface area (Å²) in [6.07, 6.45) is 14.6. The number of hydrogen-bond acceptors (Lipinski definition) is 5. The first-order chi connectivity index (χ1) is 25.5. The second kappa shape index (κ2) is 24.2. The molecule has 2 unspecified atom stereocenters. The van der Waals surface area contributed by atoms with Gasteiger partial charge in [-0.2, -0.15) is 0 Å². The predicted octanol–water partition coefficient (Wildman–Crippen LogP) is 8.97. The Morgan fingerprint density at radius 2 is 1.28 bits per heavy atom. The van der Waals surface area contributed by atoms with Crippen molar-refractivity contribution in [3.8, 4) is 0 Å². The average Bonchev–Trinajstić information content (AvgIpc) is 3.12. The zero-order chi connectivity index (χ0) is 38.5. The summed E-state index contributed by atoms with van der Waals surface area (Å²) in [6, 6.07) is 12.1. The third kappa shape index (κ3) is 15.9. The number of carboxylic acid groups (broad SMARTS) is 1. The molecule has 296 valence electrons. The minimum absolute atomic E-state index is 0.0394. The van der Waals surface area contributed by atoms with Gasteiger partial charge < -0.3 is 25.0 Å². The molecular weight excluding hydrogens is 665 g/mol. The monoisotopic (exact) mass is 736 g/mol. The molecule has 3 N–H and O–H groups in total. The first-order valence-electron chi connectivity index (χ1n) is 20.7. The summed E-state index contributed by atoms with van der Waals surface area (Å²) in [5, 5.41) is 15.7. The number of likely N-dealkylation sites (tertiary alicyclic amines) is 1. The van der Waals surface area contributed by atoms with E-state index >= 15 is 0 Å². The van der Waals surface area contributed by atoms with Crippen LogP contribution in [0.1, 0.15) is 125 Å². The smallest absolute Gasteiger partial charge is 0.303 e. The average molecular weight is 736 g/mol. The number of carboxylic acids is 1. The van der Waals surface area contributed by atoms with Crippen LogP contribution in [0.4, 0.5) is 11.4 Å². The summed E-state index contributed by atoms with van der Waals surface area (Å²) in [5.41, 5.74) is 6.13. The Morgan fingerprint density at radius 3 is 1.91 bits per heavy atom. The van der Waals surface area contributed by atoms with Crippen molar-refractivity contribution in [2.75, 3.05) is 63.1 Å². The zero-order valence-electron chi connectivity index (χ0n) is 33.8. The van der Waals surface area contributed by atoms with Crippen molar-refractivity contribution in [2.24, 2.45) is 0 Å². The Hall–Kier alpha value is -3.27. The summed E-state index contributed by atoms with van der Waals surface area (Å²) in [5.74, 6) is -0.621. The molecule has 0 aromatic heterocycles. The number of para-hydroxylation sites is 2. The SMILES string of the molecule is CCCCCCCC[N+](CCCCCC(=O)O)(CCCOCCCN1CCCCC1C(=O)Nc1c(C)cccc1C)CC(=O)Nc1c(C)cccc1C.